The Bertz CT molecular complexity index is 854. The Morgan fingerprint density at radius 2 is 2.17 bits per heavy atom. The molecule has 1 amide bonds. The molecule has 0 saturated carbocycles. The van der Waals surface area contributed by atoms with Gasteiger partial charge >= 0.3 is 0 Å². The number of rotatable bonds is 4. The van der Waals surface area contributed by atoms with Crippen molar-refractivity contribution in [2.75, 3.05) is 0 Å². The van der Waals surface area contributed by atoms with E-state index in [9.17, 15) is 9.18 Å². The van der Waals surface area contributed by atoms with Crippen molar-refractivity contribution >= 4 is 17.2 Å². The predicted octanol–water partition coefficient (Wildman–Crippen LogP) is 4.15. The smallest absolute Gasteiger partial charge is 0.217 e. The van der Waals surface area contributed by atoms with E-state index in [0.29, 0.717) is 18.1 Å². The second-order valence-electron chi connectivity index (χ2n) is 5.11. The monoisotopic (exact) mass is 330 g/mol. The van der Waals surface area contributed by atoms with Crippen molar-refractivity contribution in [3.8, 4) is 22.0 Å². The number of nitrogens with one attached hydrogen (secondary N) is 1. The average molecular weight is 330 g/mol. The summed E-state index contributed by atoms with van der Waals surface area (Å²) in [5.41, 5.74) is 1.48. The van der Waals surface area contributed by atoms with Gasteiger partial charge in [0.05, 0.1) is 6.54 Å². The lowest BCUT2D eigenvalue weighted by atomic mass is 10.2. The molecule has 0 aliphatic rings. The van der Waals surface area contributed by atoms with Crippen molar-refractivity contribution in [2.24, 2.45) is 0 Å². The Kier molecular flexibility index (Phi) is 4.25. The second kappa shape index (κ2) is 6.34. The molecule has 6 heteroatoms. The fraction of sp³-hybridized carbons (Fsp3) is 0.176. The Hall–Kier alpha value is -2.47. The van der Waals surface area contributed by atoms with Crippen molar-refractivity contribution in [1.29, 1.82) is 0 Å². The zero-order valence-electron chi connectivity index (χ0n) is 12.7. The van der Waals surface area contributed by atoms with E-state index >= 15 is 0 Å². The number of carbonyl (C=O) groups excluding carboxylic acids is 1. The van der Waals surface area contributed by atoms with Gasteiger partial charge in [0.15, 0.2) is 5.76 Å². The van der Waals surface area contributed by atoms with Crippen LogP contribution in [0.1, 0.15) is 17.6 Å². The molecule has 3 aromatic rings. The van der Waals surface area contributed by atoms with Crippen LogP contribution in [0.4, 0.5) is 4.39 Å². The topological polar surface area (TPSA) is 55.1 Å². The fourth-order valence-corrected chi connectivity index (χ4v) is 3.10. The summed E-state index contributed by atoms with van der Waals surface area (Å²) in [4.78, 5) is 16.5. The molecule has 1 aromatic carbocycles. The largest absolute Gasteiger partial charge is 0.458 e. The first-order valence-electron chi connectivity index (χ1n) is 7.10. The Labute approximate surface area is 137 Å². The first-order chi connectivity index (χ1) is 11.0. The molecule has 0 bridgehead atoms. The van der Waals surface area contributed by atoms with Crippen LogP contribution in [0.2, 0.25) is 0 Å². The molecular formula is C17H15FN2O2S. The van der Waals surface area contributed by atoms with Gasteiger partial charge in [-0.15, -0.1) is 11.3 Å². The SMILES string of the molecule is CC(=O)NCc1ccc(-c2nc(-c3cccc(F)c3)sc2C)o1. The summed E-state index contributed by atoms with van der Waals surface area (Å²) in [5, 5.41) is 3.43. The number of hydrogen-bond acceptors (Lipinski definition) is 4. The van der Waals surface area contributed by atoms with Crippen LogP contribution >= 0.6 is 11.3 Å². The maximum absolute atomic E-state index is 13.4. The Balaban J connectivity index is 1.88. The number of halogens is 1. The van der Waals surface area contributed by atoms with Crippen LogP contribution in [-0.4, -0.2) is 10.9 Å². The van der Waals surface area contributed by atoms with Crippen LogP contribution in [0.5, 0.6) is 0 Å². The summed E-state index contributed by atoms with van der Waals surface area (Å²) in [6.07, 6.45) is 0. The van der Waals surface area contributed by atoms with E-state index in [1.807, 2.05) is 25.1 Å². The number of benzene rings is 1. The van der Waals surface area contributed by atoms with E-state index in [2.05, 4.69) is 10.3 Å². The summed E-state index contributed by atoms with van der Waals surface area (Å²) in [6.45, 7) is 3.75. The van der Waals surface area contributed by atoms with E-state index in [1.54, 1.807) is 6.07 Å². The minimum absolute atomic E-state index is 0.110. The van der Waals surface area contributed by atoms with Gasteiger partial charge in [0.2, 0.25) is 5.91 Å². The summed E-state index contributed by atoms with van der Waals surface area (Å²) in [6, 6.07) is 10.0. The Morgan fingerprint density at radius 3 is 2.91 bits per heavy atom. The van der Waals surface area contributed by atoms with Crippen molar-refractivity contribution in [1.82, 2.24) is 10.3 Å². The number of amides is 1. The molecule has 0 radical (unpaired) electrons. The number of aryl methyl sites for hydroxylation is 1. The lowest BCUT2D eigenvalue weighted by Gasteiger charge is -1.98. The summed E-state index contributed by atoms with van der Waals surface area (Å²) < 4.78 is 19.1. The third-order valence-electron chi connectivity index (χ3n) is 3.27. The molecule has 2 aromatic heterocycles. The van der Waals surface area contributed by atoms with Gasteiger partial charge < -0.3 is 9.73 Å². The molecule has 2 heterocycles. The molecule has 0 saturated heterocycles. The third-order valence-corrected chi connectivity index (χ3v) is 4.29. The average Bonchev–Trinajstić information content (AvgIpc) is 3.11. The molecule has 23 heavy (non-hydrogen) atoms. The van der Waals surface area contributed by atoms with Crippen LogP contribution in [0.3, 0.4) is 0 Å². The zero-order chi connectivity index (χ0) is 16.4. The highest BCUT2D eigenvalue weighted by Crippen LogP contribution is 2.34. The van der Waals surface area contributed by atoms with Gasteiger partial charge in [-0.05, 0) is 31.2 Å². The predicted molar refractivity (Wildman–Crippen MR) is 87.5 cm³/mol. The molecule has 4 nitrogen and oxygen atoms in total. The van der Waals surface area contributed by atoms with E-state index in [4.69, 9.17) is 4.42 Å². The summed E-state index contributed by atoms with van der Waals surface area (Å²) in [5.74, 6) is 0.908. The van der Waals surface area contributed by atoms with E-state index in [0.717, 1.165) is 21.1 Å². The lowest BCUT2D eigenvalue weighted by Crippen LogP contribution is -2.18. The highest BCUT2D eigenvalue weighted by molar-refractivity contribution is 7.15. The number of nitrogens with zero attached hydrogens (tertiary/aromatic N) is 1. The van der Waals surface area contributed by atoms with E-state index in [1.165, 1.54) is 30.4 Å². The molecule has 0 aliphatic carbocycles. The molecule has 3 rings (SSSR count). The van der Waals surface area contributed by atoms with E-state index < -0.39 is 0 Å². The highest BCUT2D eigenvalue weighted by Gasteiger charge is 2.15. The van der Waals surface area contributed by atoms with Gasteiger partial charge in [0.25, 0.3) is 0 Å². The number of hydrogen-bond donors (Lipinski definition) is 1. The molecule has 0 aliphatic heterocycles. The standard InChI is InChI=1S/C17H15FN2O2S/c1-10-16(15-7-6-14(22-15)9-19-11(2)21)20-17(23-10)12-4-3-5-13(18)8-12/h3-8H,9H2,1-2H3,(H,19,21). The number of carbonyl (C=O) groups is 1. The van der Waals surface area contributed by atoms with Crippen molar-refractivity contribution in [3.05, 3.63) is 52.9 Å². The molecule has 0 unspecified atom stereocenters. The van der Waals surface area contributed by atoms with Gasteiger partial charge in [0, 0.05) is 17.4 Å². The molecule has 0 atom stereocenters. The maximum Gasteiger partial charge on any atom is 0.217 e. The third kappa shape index (κ3) is 3.48. The first-order valence-corrected chi connectivity index (χ1v) is 7.91. The Morgan fingerprint density at radius 1 is 1.35 bits per heavy atom. The van der Waals surface area contributed by atoms with Gasteiger partial charge in [-0.3, -0.25) is 4.79 Å². The van der Waals surface area contributed by atoms with Gasteiger partial charge in [-0.1, -0.05) is 12.1 Å². The van der Waals surface area contributed by atoms with E-state index in [-0.39, 0.29) is 11.7 Å². The minimum atomic E-state index is -0.285. The molecule has 1 N–H and O–H groups in total. The highest BCUT2D eigenvalue weighted by atomic mass is 32.1. The van der Waals surface area contributed by atoms with Crippen molar-refractivity contribution < 1.29 is 13.6 Å². The van der Waals surface area contributed by atoms with Crippen LogP contribution in [-0.2, 0) is 11.3 Å². The maximum atomic E-state index is 13.4. The molecular weight excluding hydrogens is 315 g/mol. The van der Waals surface area contributed by atoms with Crippen molar-refractivity contribution in [2.45, 2.75) is 20.4 Å². The quantitative estimate of drug-likeness (QED) is 0.782. The number of aromatic nitrogens is 1. The van der Waals surface area contributed by atoms with Gasteiger partial charge in [0.1, 0.15) is 22.3 Å². The molecule has 0 fully saturated rings. The van der Waals surface area contributed by atoms with Gasteiger partial charge in [-0.2, -0.15) is 0 Å². The summed E-state index contributed by atoms with van der Waals surface area (Å²) in [7, 11) is 0. The molecule has 0 spiro atoms. The zero-order valence-corrected chi connectivity index (χ0v) is 13.5. The van der Waals surface area contributed by atoms with Crippen LogP contribution in [0, 0.1) is 12.7 Å². The van der Waals surface area contributed by atoms with Crippen LogP contribution in [0.25, 0.3) is 22.0 Å². The van der Waals surface area contributed by atoms with Crippen LogP contribution in [0.15, 0.2) is 40.8 Å². The first kappa shape index (κ1) is 15.4. The normalized spacial score (nSPS) is 10.7. The van der Waals surface area contributed by atoms with Crippen molar-refractivity contribution in [3.63, 3.8) is 0 Å². The summed E-state index contributed by atoms with van der Waals surface area (Å²) >= 11 is 1.49. The molecule has 118 valence electrons. The fourth-order valence-electron chi connectivity index (χ4n) is 2.18. The minimum Gasteiger partial charge on any atom is -0.458 e. The van der Waals surface area contributed by atoms with Crippen LogP contribution < -0.4 is 5.32 Å². The number of furan rings is 1. The number of thiazole rings is 1. The second-order valence-corrected chi connectivity index (χ2v) is 6.31. The lowest BCUT2D eigenvalue weighted by molar-refractivity contribution is -0.119. The van der Waals surface area contributed by atoms with Gasteiger partial charge in [-0.25, -0.2) is 9.37 Å².